The predicted octanol–water partition coefficient (Wildman–Crippen LogP) is 0.0538. The third-order valence-electron chi connectivity index (χ3n) is 4.26. The molecular weight excluding hydrogens is 294 g/mol. The van der Waals surface area contributed by atoms with Gasteiger partial charge in [-0.05, 0) is 39.8 Å². The van der Waals surface area contributed by atoms with Crippen LogP contribution in [0.3, 0.4) is 0 Å². The van der Waals surface area contributed by atoms with Gasteiger partial charge in [-0.15, -0.1) is 0 Å². The Bertz CT molecular complexity index is 480. The van der Waals surface area contributed by atoms with Crippen LogP contribution in [0.25, 0.3) is 0 Å². The first-order valence-electron chi connectivity index (χ1n) is 7.47. The van der Waals surface area contributed by atoms with E-state index in [1.165, 1.54) is 4.31 Å². The molecule has 0 radical (unpaired) electrons. The van der Waals surface area contributed by atoms with Crippen LogP contribution in [0.15, 0.2) is 0 Å². The summed E-state index contributed by atoms with van der Waals surface area (Å²) >= 11 is 0. The van der Waals surface area contributed by atoms with Gasteiger partial charge in [0.15, 0.2) is 0 Å². The highest BCUT2D eigenvalue weighted by atomic mass is 32.2. The summed E-state index contributed by atoms with van der Waals surface area (Å²) in [5, 5.41) is 9.12. The van der Waals surface area contributed by atoms with E-state index in [4.69, 9.17) is 5.11 Å². The molecule has 2 heterocycles. The summed E-state index contributed by atoms with van der Waals surface area (Å²) < 4.78 is 28.5. The van der Waals surface area contributed by atoms with E-state index >= 15 is 0 Å². The van der Waals surface area contributed by atoms with Crippen molar-refractivity contribution in [1.82, 2.24) is 13.5 Å². The van der Waals surface area contributed by atoms with Crippen molar-refractivity contribution in [1.29, 1.82) is 0 Å². The number of aliphatic carboxylic acids is 1. The van der Waals surface area contributed by atoms with Crippen LogP contribution < -0.4 is 0 Å². The number of carboxylic acids is 1. The summed E-state index contributed by atoms with van der Waals surface area (Å²) in [6.45, 7) is 1.77. The number of rotatable bonds is 5. The Morgan fingerprint density at radius 3 is 2.52 bits per heavy atom. The van der Waals surface area contributed by atoms with Gasteiger partial charge >= 0.3 is 5.97 Å². The Balaban J connectivity index is 2.11. The first kappa shape index (κ1) is 16.7. The van der Waals surface area contributed by atoms with E-state index in [0.717, 1.165) is 12.8 Å². The maximum absolute atomic E-state index is 12.8. The number of nitrogens with zero attached hydrogens (tertiary/aromatic N) is 3. The fourth-order valence-corrected chi connectivity index (χ4v) is 5.15. The molecular formula is C13H25N3O4S. The first-order chi connectivity index (χ1) is 9.82. The van der Waals surface area contributed by atoms with Crippen LogP contribution in [0.4, 0.5) is 0 Å². The second kappa shape index (κ2) is 6.60. The molecule has 0 saturated carbocycles. The van der Waals surface area contributed by atoms with E-state index in [-0.39, 0.29) is 12.6 Å². The van der Waals surface area contributed by atoms with Crippen LogP contribution in [0.1, 0.15) is 25.7 Å². The Hall–Kier alpha value is -0.700. The minimum Gasteiger partial charge on any atom is -0.481 e. The molecule has 1 N–H and O–H groups in total. The molecule has 2 saturated heterocycles. The topological polar surface area (TPSA) is 81.2 Å². The van der Waals surface area contributed by atoms with Crippen molar-refractivity contribution in [3.8, 4) is 0 Å². The Morgan fingerprint density at radius 1 is 1.24 bits per heavy atom. The third-order valence-corrected chi connectivity index (χ3v) is 6.31. The molecule has 0 spiro atoms. The Labute approximate surface area is 126 Å². The maximum atomic E-state index is 12.8. The van der Waals surface area contributed by atoms with Gasteiger partial charge in [-0.25, -0.2) is 0 Å². The van der Waals surface area contributed by atoms with Gasteiger partial charge in [-0.1, -0.05) is 0 Å². The van der Waals surface area contributed by atoms with E-state index < -0.39 is 22.1 Å². The van der Waals surface area contributed by atoms with E-state index in [9.17, 15) is 13.2 Å². The van der Waals surface area contributed by atoms with E-state index in [2.05, 4.69) is 0 Å². The van der Waals surface area contributed by atoms with Gasteiger partial charge in [0.25, 0.3) is 10.2 Å². The van der Waals surface area contributed by atoms with Gasteiger partial charge in [0, 0.05) is 32.2 Å². The average Bonchev–Trinajstić information content (AvgIpc) is 2.86. The minimum atomic E-state index is -3.55. The summed E-state index contributed by atoms with van der Waals surface area (Å²) in [7, 11) is 0.324. The molecule has 2 aliphatic rings. The van der Waals surface area contributed by atoms with Gasteiger partial charge in [0.1, 0.15) is 0 Å². The lowest BCUT2D eigenvalue weighted by Crippen LogP contribution is -2.52. The number of piperidine rings is 1. The second-order valence-electron chi connectivity index (χ2n) is 6.21. The molecule has 7 nitrogen and oxygen atoms in total. The quantitative estimate of drug-likeness (QED) is 0.774. The van der Waals surface area contributed by atoms with Gasteiger partial charge in [-0.2, -0.15) is 17.0 Å². The number of hydrogen-bond acceptors (Lipinski definition) is 4. The fraction of sp³-hybridized carbons (Fsp3) is 0.923. The van der Waals surface area contributed by atoms with Crippen LogP contribution in [-0.2, 0) is 15.0 Å². The van der Waals surface area contributed by atoms with Crippen LogP contribution >= 0.6 is 0 Å². The zero-order chi connectivity index (χ0) is 15.6. The molecule has 0 bridgehead atoms. The molecule has 122 valence electrons. The van der Waals surface area contributed by atoms with Gasteiger partial charge in [0.2, 0.25) is 0 Å². The summed E-state index contributed by atoms with van der Waals surface area (Å²) in [6.07, 6.45) is 2.91. The number of likely N-dealkylation sites (N-methyl/N-ethyl adjacent to an activating group) is 1. The second-order valence-corrected chi connectivity index (χ2v) is 8.09. The molecule has 2 atom stereocenters. The van der Waals surface area contributed by atoms with E-state index in [0.29, 0.717) is 32.5 Å². The summed E-state index contributed by atoms with van der Waals surface area (Å²) in [6, 6.07) is -0.00444. The highest BCUT2D eigenvalue weighted by Crippen LogP contribution is 2.27. The van der Waals surface area contributed by atoms with E-state index in [1.807, 2.05) is 19.0 Å². The van der Waals surface area contributed by atoms with Crippen LogP contribution in [-0.4, -0.2) is 79.3 Å². The molecule has 2 unspecified atom stereocenters. The summed E-state index contributed by atoms with van der Waals surface area (Å²) in [4.78, 5) is 13.1. The molecule has 0 aromatic heterocycles. The first-order valence-corrected chi connectivity index (χ1v) is 8.86. The average molecular weight is 319 g/mol. The van der Waals surface area contributed by atoms with Crippen molar-refractivity contribution >= 4 is 16.2 Å². The van der Waals surface area contributed by atoms with Gasteiger partial charge < -0.3 is 10.0 Å². The van der Waals surface area contributed by atoms with Crippen LogP contribution in [0.5, 0.6) is 0 Å². The van der Waals surface area contributed by atoms with Crippen LogP contribution in [0.2, 0.25) is 0 Å². The van der Waals surface area contributed by atoms with Crippen molar-refractivity contribution in [2.45, 2.75) is 31.7 Å². The van der Waals surface area contributed by atoms with Crippen molar-refractivity contribution in [2.24, 2.45) is 5.92 Å². The smallest absolute Gasteiger partial charge is 0.307 e. The monoisotopic (exact) mass is 319 g/mol. The Kier molecular flexibility index (Phi) is 5.24. The fourth-order valence-electron chi connectivity index (χ4n) is 3.22. The normalized spacial score (nSPS) is 29.1. The van der Waals surface area contributed by atoms with Gasteiger partial charge in [0.05, 0.1) is 5.92 Å². The SMILES string of the molecule is CN(C)CC1CCCN1S(=O)(=O)N1CCCC(C(=O)O)C1. The molecule has 0 aromatic rings. The van der Waals surface area contributed by atoms with Crippen molar-refractivity contribution in [3.63, 3.8) is 0 Å². The molecule has 0 amide bonds. The largest absolute Gasteiger partial charge is 0.481 e. The lowest BCUT2D eigenvalue weighted by atomic mass is 10.0. The lowest BCUT2D eigenvalue weighted by Gasteiger charge is -2.35. The number of hydrogen-bond donors (Lipinski definition) is 1. The molecule has 0 aliphatic carbocycles. The standard InChI is InChI=1S/C13H25N3O4S/c1-14(2)10-12-6-4-8-16(12)21(19,20)15-7-3-5-11(9-15)13(17)18/h11-12H,3-10H2,1-2H3,(H,17,18). The zero-order valence-corrected chi connectivity index (χ0v) is 13.5. The summed E-state index contributed by atoms with van der Waals surface area (Å²) in [5.74, 6) is -1.48. The Morgan fingerprint density at radius 2 is 1.90 bits per heavy atom. The summed E-state index contributed by atoms with van der Waals surface area (Å²) in [5.41, 5.74) is 0. The van der Waals surface area contributed by atoms with Gasteiger partial charge in [-0.3, -0.25) is 4.79 Å². The maximum Gasteiger partial charge on any atom is 0.307 e. The molecule has 21 heavy (non-hydrogen) atoms. The third kappa shape index (κ3) is 3.74. The molecule has 2 rings (SSSR count). The van der Waals surface area contributed by atoms with Crippen molar-refractivity contribution in [3.05, 3.63) is 0 Å². The van der Waals surface area contributed by atoms with E-state index in [1.54, 1.807) is 4.31 Å². The number of carbonyl (C=O) groups is 1. The van der Waals surface area contributed by atoms with Crippen LogP contribution in [0, 0.1) is 5.92 Å². The molecule has 8 heteroatoms. The lowest BCUT2D eigenvalue weighted by molar-refractivity contribution is -0.142. The predicted molar refractivity (Wildman–Crippen MR) is 79.1 cm³/mol. The molecule has 0 aromatic carbocycles. The van der Waals surface area contributed by atoms with Crippen molar-refractivity contribution < 1.29 is 18.3 Å². The molecule has 2 fully saturated rings. The molecule has 2 aliphatic heterocycles. The highest BCUT2D eigenvalue weighted by molar-refractivity contribution is 7.86. The van der Waals surface area contributed by atoms with Crippen molar-refractivity contribution in [2.75, 3.05) is 40.3 Å². The number of carboxylic acid groups (broad SMARTS) is 1. The highest BCUT2D eigenvalue weighted by Gasteiger charge is 2.40. The zero-order valence-electron chi connectivity index (χ0n) is 12.7. The minimum absolute atomic E-state index is 0.00444.